The third kappa shape index (κ3) is 5.76. The molecule has 0 fully saturated rings. The van der Waals surface area contributed by atoms with Crippen molar-refractivity contribution in [1.82, 2.24) is 4.57 Å². The van der Waals surface area contributed by atoms with Crippen molar-refractivity contribution in [2.75, 3.05) is 0 Å². The fraction of sp³-hybridized carbons (Fsp3) is 0.750. The van der Waals surface area contributed by atoms with Crippen LogP contribution in [0.5, 0.6) is 0 Å². The third-order valence-corrected chi connectivity index (χ3v) is 3.71. The summed E-state index contributed by atoms with van der Waals surface area (Å²) in [6.07, 6.45) is 12.4. The van der Waals surface area contributed by atoms with Crippen molar-refractivity contribution >= 4 is 5.97 Å². The van der Waals surface area contributed by atoms with Gasteiger partial charge in [0, 0.05) is 12.4 Å². The number of carboxylic acids is 1. The molecular weight excluding hydrogens is 252 g/mol. The monoisotopic (exact) mass is 280 g/mol. The van der Waals surface area contributed by atoms with Gasteiger partial charge in [-0.25, -0.2) is 9.13 Å². The van der Waals surface area contributed by atoms with E-state index in [4.69, 9.17) is 0 Å². The van der Waals surface area contributed by atoms with Crippen LogP contribution in [0.25, 0.3) is 0 Å². The fourth-order valence-electron chi connectivity index (χ4n) is 2.56. The minimum Gasteiger partial charge on any atom is -0.550 e. The molecule has 114 valence electrons. The maximum Gasteiger partial charge on any atom is 0.256 e. The van der Waals surface area contributed by atoms with Crippen LogP contribution in [0.4, 0.5) is 0 Å². The van der Waals surface area contributed by atoms with Crippen LogP contribution in [0.3, 0.4) is 0 Å². The van der Waals surface area contributed by atoms with Gasteiger partial charge in [0.05, 0.1) is 13.1 Å². The molecule has 0 N–H and O–H groups in total. The number of imidazole rings is 1. The van der Waals surface area contributed by atoms with E-state index in [-0.39, 0.29) is 6.42 Å². The highest BCUT2D eigenvalue weighted by molar-refractivity contribution is 5.63. The second kappa shape index (κ2) is 9.56. The van der Waals surface area contributed by atoms with E-state index in [9.17, 15) is 9.90 Å². The van der Waals surface area contributed by atoms with Gasteiger partial charge in [-0.05, 0) is 26.2 Å². The van der Waals surface area contributed by atoms with E-state index in [1.165, 1.54) is 37.9 Å². The molecule has 1 heterocycles. The Bertz CT molecular complexity index is 399. The van der Waals surface area contributed by atoms with Crippen molar-refractivity contribution < 1.29 is 14.5 Å². The summed E-state index contributed by atoms with van der Waals surface area (Å²) >= 11 is 0. The van der Waals surface area contributed by atoms with Gasteiger partial charge in [0.1, 0.15) is 12.4 Å². The SMILES string of the molecule is CCCCCCCc1n(CC)cc[n+]1CCCC(=O)[O-]. The number of nitrogens with zero attached hydrogens (tertiary/aromatic N) is 2. The van der Waals surface area contributed by atoms with Gasteiger partial charge < -0.3 is 9.90 Å². The predicted octanol–water partition coefficient (Wildman–Crippen LogP) is 1.84. The van der Waals surface area contributed by atoms with Crippen LogP contribution in [-0.4, -0.2) is 10.5 Å². The van der Waals surface area contributed by atoms with Gasteiger partial charge in [0.15, 0.2) is 0 Å². The molecule has 0 aliphatic heterocycles. The Morgan fingerprint density at radius 1 is 1.20 bits per heavy atom. The van der Waals surface area contributed by atoms with E-state index in [1.54, 1.807) is 0 Å². The Balaban J connectivity index is 2.48. The average molecular weight is 280 g/mol. The molecule has 0 atom stereocenters. The van der Waals surface area contributed by atoms with E-state index < -0.39 is 5.97 Å². The first kappa shape index (κ1) is 16.7. The molecule has 0 radical (unpaired) electrons. The summed E-state index contributed by atoms with van der Waals surface area (Å²) in [4.78, 5) is 10.5. The Kier molecular flexibility index (Phi) is 8.00. The first-order valence-corrected chi connectivity index (χ1v) is 7.96. The number of rotatable bonds is 11. The first-order valence-electron chi connectivity index (χ1n) is 7.96. The number of carbonyl (C=O) groups excluding carboxylic acids is 1. The number of aliphatic carboxylic acids is 1. The molecule has 0 unspecified atom stereocenters. The molecular formula is C16H28N2O2. The maximum absolute atomic E-state index is 10.5. The van der Waals surface area contributed by atoms with Gasteiger partial charge in [0.2, 0.25) is 0 Å². The van der Waals surface area contributed by atoms with Gasteiger partial charge in [-0.2, -0.15) is 0 Å². The molecule has 0 bridgehead atoms. The second-order valence-corrected chi connectivity index (χ2v) is 5.33. The Hall–Kier alpha value is -1.32. The summed E-state index contributed by atoms with van der Waals surface area (Å²) in [7, 11) is 0. The van der Waals surface area contributed by atoms with Gasteiger partial charge in [-0.1, -0.05) is 32.6 Å². The zero-order chi connectivity index (χ0) is 14.8. The third-order valence-electron chi connectivity index (χ3n) is 3.71. The second-order valence-electron chi connectivity index (χ2n) is 5.33. The van der Waals surface area contributed by atoms with Crippen LogP contribution in [0, 0.1) is 0 Å². The topological polar surface area (TPSA) is 48.9 Å². The first-order chi connectivity index (χ1) is 9.69. The minimum absolute atomic E-state index is 0.139. The van der Waals surface area contributed by atoms with Crippen molar-refractivity contribution in [2.45, 2.75) is 78.3 Å². The highest BCUT2D eigenvalue weighted by Crippen LogP contribution is 2.07. The number of carbonyl (C=O) groups is 1. The summed E-state index contributed by atoms with van der Waals surface area (Å²) in [6, 6.07) is 0. The van der Waals surface area contributed by atoms with Crippen molar-refractivity contribution in [3.8, 4) is 0 Å². The lowest BCUT2D eigenvalue weighted by atomic mass is 10.1. The van der Waals surface area contributed by atoms with Gasteiger partial charge in [0.25, 0.3) is 5.82 Å². The molecule has 4 heteroatoms. The number of hydrogen-bond donors (Lipinski definition) is 0. The zero-order valence-electron chi connectivity index (χ0n) is 12.9. The maximum atomic E-state index is 10.5. The molecule has 0 aliphatic rings. The van der Waals surface area contributed by atoms with E-state index >= 15 is 0 Å². The molecule has 1 rings (SSSR count). The number of aromatic nitrogens is 2. The summed E-state index contributed by atoms with van der Waals surface area (Å²) < 4.78 is 4.46. The molecule has 0 saturated heterocycles. The molecule has 20 heavy (non-hydrogen) atoms. The number of carboxylic acid groups (broad SMARTS) is 1. The Morgan fingerprint density at radius 3 is 2.60 bits per heavy atom. The van der Waals surface area contributed by atoms with Gasteiger partial charge in [-0.15, -0.1) is 0 Å². The van der Waals surface area contributed by atoms with Crippen molar-refractivity contribution in [3.63, 3.8) is 0 Å². The average Bonchev–Trinajstić information content (AvgIpc) is 2.80. The van der Waals surface area contributed by atoms with Gasteiger partial charge in [-0.3, -0.25) is 0 Å². The van der Waals surface area contributed by atoms with Crippen LogP contribution in [0.1, 0.15) is 64.6 Å². The highest BCUT2D eigenvalue weighted by Gasteiger charge is 2.15. The van der Waals surface area contributed by atoms with Crippen LogP contribution >= 0.6 is 0 Å². The lowest BCUT2D eigenvalue weighted by Crippen LogP contribution is -2.38. The highest BCUT2D eigenvalue weighted by atomic mass is 16.4. The van der Waals surface area contributed by atoms with Crippen LogP contribution in [-0.2, 0) is 24.3 Å². The molecule has 1 aromatic heterocycles. The largest absolute Gasteiger partial charge is 0.550 e. The predicted molar refractivity (Wildman–Crippen MR) is 77.0 cm³/mol. The Labute approximate surface area is 122 Å². The molecule has 0 aromatic carbocycles. The summed E-state index contributed by atoms with van der Waals surface area (Å²) in [6.45, 7) is 6.11. The molecule has 0 aliphatic carbocycles. The van der Waals surface area contributed by atoms with E-state index in [2.05, 4.69) is 35.4 Å². The van der Waals surface area contributed by atoms with Crippen molar-refractivity contribution in [3.05, 3.63) is 18.2 Å². The van der Waals surface area contributed by atoms with E-state index in [0.717, 1.165) is 19.5 Å². The molecule has 1 aromatic rings. The smallest absolute Gasteiger partial charge is 0.256 e. The fourth-order valence-corrected chi connectivity index (χ4v) is 2.56. The number of hydrogen-bond acceptors (Lipinski definition) is 2. The molecule has 0 saturated carbocycles. The lowest BCUT2D eigenvalue weighted by molar-refractivity contribution is -0.704. The lowest BCUT2D eigenvalue weighted by Gasteiger charge is -2.05. The van der Waals surface area contributed by atoms with Crippen molar-refractivity contribution in [2.24, 2.45) is 0 Å². The normalized spacial score (nSPS) is 10.9. The standard InChI is InChI=1S/C16H28N2O2/c1-3-5-6-7-8-10-15-17(4-2)13-14-18(15)12-9-11-16(19)20/h13-14H,3-12H2,1-2H3. The molecule has 4 nitrogen and oxygen atoms in total. The summed E-state index contributed by atoms with van der Waals surface area (Å²) in [5, 5.41) is 10.5. The summed E-state index contributed by atoms with van der Waals surface area (Å²) in [5.74, 6) is 0.365. The molecule has 0 amide bonds. The van der Waals surface area contributed by atoms with Gasteiger partial charge >= 0.3 is 0 Å². The minimum atomic E-state index is -0.957. The van der Waals surface area contributed by atoms with Crippen molar-refractivity contribution in [1.29, 1.82) is 0 Å². The van der Waals surface area contributed by atoms with Crippen LogP contribution < -0.4 is 9.67 Å². The Morgan fingerprint density at radius 2 is 1.95 bits per heavy atom. The quantitative estimate of drug-likeness (QED) is 0.459. The zero-order valence-corrected chi connectivity index (χ0v) is 12.9. The van der Waals surface area contributed by atoms with Crippen LogP contribution in [0.2, 0.25) is 0 Å². The number of unbranched alkanes of at least 4 members (excludes halogenated alkanes) is 4. The summed E-state index contributed by atoms with van der Waals surface area (Å²) in [5.41, 5.74) is 0. The van der Waals surface area contributed by atoms with Crippen LogP contribution in [0.15, 0.2) is 12.4 Å². The molecule has 0 spiro atoms. The van der Waals surface area contributed by atoms with E-state index in [0.29, 0.717) is 6.42 Å². The van der Waals surface area contributed by atoms with E-state index in [1.807, 2.05) is 0 Å². The number of aryl methyl sites for hydroxylation is 2.